The molecule has 5 aromatic rings. The molecule has 11 heteroatoms. The summed E-state index contributed by atoms with van der Waals surface area (Å²) in [5.41, 5.74) is 2.21. The molecule has 0 bridgehead atoms. The minimum atomic E-state index is -4.66. The Balaban J connectivity index is 1.62. The van der Waals surface area contributed by atoms with E-state index in [-0.39, 0.29) is 27.6 Å². The number of imidazole rings is 1. The zero-order valence-corrected chi connectivity index (χ0v) is 19.8. The van der Waals surface area contributed by atoms with Crippen LogP contribution in [0.5, 0.6) is 0 Å². The highest BCUT2D eigenvalue weighted by molar-refractivity contribution is 7.14. The number of ketones is 1. The van der Waals surface area contributed by atoms with Crippen molar-refractivity contribution >= 4 is 34.4 Å². The number of thiophene rings is 1. The van der Waals surface area contributed by atoms with Crippen LogP contribution in [0.2, 0.25) is 0 Å². The molecule has 0 aliphatic rings. The number of rotatable bonds is 5. The molecule has 0 aliphatic carbocycles. The van der Waals surface area contributed by atoms with Gasteiger partial charge in [-0.25, -0.2) is 4.98 Å². The number of nitrogens with one attached hydrogen (secondary N) is 1. The van der Waals surface area contributed by atoms with Crippen LogP contribution in [0.3, 0.4) is 0 Å². The fraction of sp³-hybridized carbons (Fsp3) is 0.120. The Bertz CT molecular complexity index is 1620. The van der Waals surface area contributed by atoms with Crippen molar-refractivity contribution in [3.05, 3.63) is 82.6 Å². The highest BCUT2D eigenvalue weighted by Gasteiger charge is 2.38. The lowest BCUT2D eigenvalue weighted by molar-refractivity contribution is -0.133. The third-order valence-electron chi connectivity index (χ3n) is 5.57. The molecule has 0 atom stereocenters. The highest BCUT2D eigenvalue weighted by Crippen LogP contribution is 2.43. The topological polar surface area (TPSA) is 81.3 Å². The monoisotopic (exact) mass is 509 g/mol. The van der Waals surface area contributed by atoms with Crippen molar-refractivity contribution < 1.29 is 22.8 Å². The molecule has 1 aromatic carbocycles. The van der Waals surface area contributed by atoms with Crippen LogP contribution < -0.4 is 5.32 Å². The van der Waals surface area contributed by atoms with Crippen LogP contribution in [-0.4, -0.2) is 30.9 Å². The zero-order chi connectivity index (χ0) is 25.6. The van der Waals surface area contributed by atoms with E-state index >= 15 is 0 Å². The molecule has 1 amide bonds. The van der Waals surface area contributed by atoms with E-state index in [0.717, 1.165) is 5.56 Å². The van der Waals surface area contributed by atoms with E-state index in [9.17, 15) is 22.8 Å². The molecule has 0 fully saturated rings. The van der Waals surface area contributed by atoms with E-state index in [1.54, 1.807) is 23.7 Å². The summed E-state index contributed by atoms with van der Waals surface area (Å²) in [4.78, 5) is 28.6. The van der Waals surface area contributed by atoms with Gasteiger partial charge in [0.25, 0.3) is 5.91 Å². The minimum absolute atomic E-state index is 0.117. The molecule has 0 saturated carbocycles. The van der Waals surface area contributed by atoms with E-state index in [1.165, 1.54) is 36.1 Å². The Morgan fingerprint density at radius 2 is 1.78 bits per heavy atom. The molecule has 0 aliphatic heterocycles. The fourth-order valence-electron chi connectivity index (χ4n) is 3.93. The van der Waals surface area contributed by atoms with Gasteiger partial charge in [0.15, 0.2) is 11.4 Å². The molecule has 0 unspecified atom stereocenters. The number of Topliss-reactive ketones (excluding diaryl/α,β-unsaturated/α-hetero) is 1. The van der Waals surface area contributed by atoms with Gasteiger partial charge in [0.1, 0.15) is 10.6 Å². The van der Waals surface area contributed by atoms with E-state index < -0.39 is 17.0 Å². The molecule has 7 nitrogen and oxygen atoms in total. The second kappa shape index (κ2) is 8.76. The lowest BCUT2D eigenvalue weighted by atomic mass is 10.0. The van der Waals surface area contributed by atoms with Gasteiger partial charge in [-0.1, -0.05) is 30.3 Å². The van der Waals surface area contributed by atoms with Gasteiger partial charge in [0.05, 0.1) is 22.5 Å². The van der Waals surface area contributed by atoms with Crippen LogP contribution in [0.4, 0.5) is 18.9 Å². The first-order valence-electron chi connectivity index (χ1n) is 10.7. The third kappa shape index (κ3) is 4.17. The van der Waals surface area contributed by atoms with E-state index in [1.807, 2.05) is 30.3 Å². The van der Waals surface area contributed by atoms with Gasteiger partial charge in [-0.05, 0) is 23.8 Å². The Morgan fingerprint density at radius 3 is 2.42 bits per heavy atom. The number of amides is 1. The number of nitrogens with zero attached hydrogens (tertiary/aromatic N) is 4. The van der Waals surface area contributed by atoms with Gasteiger partial charge in [0.2, 0.25) is 0 Å². The van der Waals surface area contributed by atoms with Crippen LogP contribution >= 0.6 is 11.3 Å². The number of alkyl halides is 3. The van der Waals surface area contributed by atoms with Crippen molar-refractivity contribution in [2.24, 2.45) is 7.05 Å². The molecular formula is C25H18F3N5O2S. The van der Waals surface area contributed by atoms with Gasteiger partial charge in [0, 0.05) is 37.5 Å². The largest absolute Gasteiger partial charge is 0.426 e. The summed E-state index contributed by atoms with van der Waals surface area (Å²) in [6.45, 7) is 1.40. The van der Waals surface area contributed by atoms with E-state index in [2.05, 4.69) is 15.4 Å². The van der Waals surface area contributed by atoms with Crippen molar-refractivity contribution in [2.75, 3.05) is 5.32 Å². The molecule has 0 spiro atoms. The van der Waals surface area contributed by atoms with Crippen molar-refractivity contribution in [2.45, 2.75) is 13.1 Å². The number of fused-ring (bicyclic) bond motifs is 1. The Labute approximate surface area is 206 Å². The molecule has 0 radical (unpaired) electrons. The van der Waals surface area contributed by atoms with Crippen LogP contribution in [0.1, 0.15) is 32.0 Å². The average Bonchev–Trinajstić information content (AvgIpc) is 3.57. The number of carbonyl (C=O) groups excluding carboxylic acids is 2. The predicted octanol–water partition coefficient (Wildman–Crippen LogP) is 5.94. The van der Waals surface area contributed by atoms with Gasteiger partial charge in [-0.15, -0.1) is 11.3 Å². The maximum absolute atomic E-state index is 13.8. The summed E-state index contributed by atoms with van der Waals surface area (Å²) in [7, 11) is 1.60. The highest BCUT2D eigenvalue weighted by atomic mass is 32.1. The molecule has 5 rings (SSSR count). The lowest BCUT2D eigenvalue weighted by Crippen LogP contribution is -2.13. The molecule has 4 heterocycles. The summed E-state index contributed by atoms with van der Waals surface area (Å²) >= 11 is 0.347. The Hall–Kier alpha value is -4.25. The SMILES string of the molecule is CC(=O)c1cnc2c(NC(=O)c3cc(-c4ccn(C)n4)c(C(F)(F)F)s3)c(-c3ccccc3)ccn12. The first kappa shape index (κ1) is 23.5. The smallest absolute Gasteiger partial charge is 0.318 e. The van der Waals surface area contributed by atoms with Crippen molar-refractivity contribution in [3.8, 4) is 22.4 Å². The number of halogens is 3. The first-order chi connectivity index (χ1) is 17.1. The van der Waals surface area contributed by atoms with Crippen molar-refractivity contribution in [3.63, 3.8) is 0 Å². The number of carbonyl (C=O) groups is 2. The summed E-state index contributed by atoms with van der Waals surface area (Å²) in [6, 6.07) is 13.5. The average molecular weight is 510 g/mol. The Morgan fingerprint density at radius 1 is 1.03 bits per heavy atom. The van der Waals surface area contributed by atoms with E-state index in [0.29, 0.717) is 28.2 Å². The maximum Gasteiger partial charge on any atom is 0.426 e. The maximum atomic E-state index is 13.8. The van der Waals surface area contributed by atoms with Crippen LogP contribution in [0, 0.1) is 0 Å². The molecule has 182 valence electrons. The van der Waals surface area contributed by atoms with Gasteiger partial charge >= 0.3 is 6.18 Å². The predicted molar refractivity (Wildman–Crippen MR) is 130 cm³/mol. The van der Waals surface area contributed by atoms with Gasteiger partial charge in [-0.2, -0.15) is 18.3 Å². The van der Waals surface area contributed by atoms with Crippen molar-refractivity contribution in [1.82, 2.24) is 19.2 Å². The number of aryl methyl sites for hydroxylation is 1. The quantitative estimate of drug-likeness (QED) is 0.298. The number of pyridine rings is 1. The van der Waals surface area contributed by atoms with Gasteiger partial charge in [-0.3, -0.25) is 18.7 Å². The molecule has 4 aromatic heterocycles. The number of aromatic nitrogens is 4. The number of hydrogen-bond donors (Lipinski definition) is 1. The van der Waals surface area contributed by atoms with Gasteiger partial charge < -0.3 is 5.32 Å². The molecular weight excluding hydrogens is 491 g/mol. The second-order valence-electron chi connectivity index (χ2n) is 8.04. The second-order valence-corrected chi connectivity index (χ2v) is 9.10. The standard InChI is InChI=1S/C25H18F3N5O2S/c1-14(34)19-13-29-23-21(16(8-11-33(19)23)15-6-4-3-5-7-15)30-24(35)20-12-17(18-9-10-32(2)31-18)22(36-20)25(26,27)28/h3-13H,1-2H3,(H,30,35). The summed E-state index contributed by atoms with van der Waals surface area (Å²) in [6.07, 6.45) is -0.0628. The third-order valence-corrected chi connectivity index (χ3v) is 6.75. The number of anilines is 1. The first-order valence-corrected chi connectivity index (χ1v) is 11.5. The van der Waals surface area contributed by atoms with Crippen LogP contribution in [0.25, 0.3) is 28.0 Å². The van der Waals surface area contributed by atoms with Crippen LogP contribution in [-0.2, 0) is 13.2 Å². The molecule has 1 N–H and O–H groups in total. The summed E-state index contributed by atoms with van der Waals surface area (Å²) in [5, 5.41) is 6.83. The summed E-state index contributed by atoms with van der Waals surface area (Å²) < 4.78 is 44.4. The number of hydrogen-bond acceptors (Lipinski definition) is 5. The van der Waals surface area contributed by atoms with E-state index in [4.69, 9.17) is 0 Å². The van der Waals surface area contributed by atoms with Crippen LogP contribution in [0.15, 0.2) is 67.1 Å². The Kier molecular flexibility index (Phi) is 5.71. The fourth-order valence-corrected chi connectivity index (χ4v) is 4.86. The summed E-state index contributed by atoms with van der Waals surface area (Å²) in [5.74, 6) is -0.953. The normalized spacial score (nSPS) is 11.7. The lowest BCUT2D eigenvalue weighted by Gasteiger charge is -2.13. The minimum Gasteiger partial charge on any atom is -0.318 e. The number of benzene rings is 1. The van der Waals surface area contributed by atoms with Crippen molar-refractivity contribution in [1.29, 1.82) is 0 Å². The molecule has 0 saturated heterocycles. The zero-order valence-electron chi connectivity index (χ0n) is 19.0. The molecule has 36 heavy (non-hydrogen) atoms.